The highest BCUT2D eigenvalue weighted by Crippen LogP contribution is 2.37. The maximum absolute atomic E-state index is 14.5. The van der Waals surface area contributed by atoms with Gasteiger partial charge in [0.05, 0.1) is 25.0 Å². The number of nitriles is 1. The van der Waals surface area contributed by atoms with Gasteiger partial charge < -0.3 is 25.0 Å². The van der Waals surface area contributed by atoms with Gasteiger partial charge in [-0.3, -0.25) is 4.79 Å². The van der Waals surface area contributed by atoms with Crippen LogP contribution in [0.5, 0.6) is 5.75 Å². The first-order valence-electron chi connectivity index (χ1n) is 10.7. The van der Waals surface area contributed by atoms with Gasteiger partial charge in [-0.1, -0.05) is 6.07 Å². The van der Waals surface area contributed by atoms with Crippen molar-refractivity contribution in [3.05, 3.63) is 65.6 Å². The van der Waals surface area contributed by atoms with E-state index < -0.39 is 5.82 Å². The molecular weight excluding hydrogens is 423 g/mol. The number of methoxy groups -OCH3 is 1. The third kappa shape index (κ3) is 4.33. The van der Waals surface area contributed by atoms with E-state index in [1.165, 1.54) is 12.1 Å². The maximum atomic E-state index is 14.5. The SMILES string of the molecule is COc1ccc(-c2c(-c3ccc(C#N)c(F)c3)cc(C(=O)N3CC[C@@H](N)C3)n2CCO)cc1. The summed E-state index contributed by atoms with van der Waals surface area (Å²) in [7, 11) is 1.58. The second-order valence-corrected chi connectivity index (χ2v) is 8.00. The molecule has 2 aromatic carbocycles. The van der Waals surface area contributed by atoms with Gasteiger partial charge in [0.15, 0.2) is 0 Å². The van der Waals surface area contributed by atoms with E-state index in [2.05, 4.69) is 0 Å². The Balaban J connectivity index is 1.92. The number of nitrogens with two attached hydrogens (primary N) is 1. The summed E-state index contributed by atoms with van der Waals surface area (Å²) < 4.78 is 21.5. The number of benzene rings is 2. The fourth-order valence-corrected chi connectivity index (χ4v) is 4.25. The largest absolute Gasteiger partial charge is 0.497 e. The molecule has 0 spiro atoms. The van der Waals surface area contributed by atoms with E-state index in [-0.39, 0.29) is 30.7 Å². The lowest BCUT2D eigenvalue weighted by Crippen LogP contribution is -2.33. The fraction of sp³-hybridized carbons (Fsp3) is 0.280. The number of carbonyl (C=O) groups excluding carboxylic acids is 1. The standard InChI is InChI=1S/C25H25FN4O3/c1-33-20-6-4-16(5-7-20)24-21(17-2-3-18(14-27)22(26)12-17)13-23(30(24)10-11-31)25(32)29-9-8-19(28)15-29/h2-7,12-13,19,31H,8-11,15,28H2,1H3/t19-/m1/s1. The molecule has 0 aliphatic carbocycles. The second kappa shape index (κ2) is 9.45. The molecule has 3 N–H and O–H groups in total. The Morgan fingerprint density at radius 2 is 1.97 bits per heavy atom. The lowest BCUT2D eigenvalue weighted by Gasteiger charge is -2.18. The Bertz CT molecular complexity index is 1210. The molecule has 8 heteroatoms. The predicted octanol–water partition coefficient (Wildman–Crippen LogP) is 3.01. The normalized spacial score (nSPS) is 15.5. The van der Waals surface area contributed by atoms with E-state index in [0.717, 1.165) is 12.0 Å². The zero-order valence-corrected chi connectivity index (χ0v) is 18.3. The molecule has 1 saturated heterocycles. The summed E-state index contributed by atoms with van der Waals surface area (Å²) in [5.74, 6) is -0.150. The Hall–Kier alpha value is -3.67. The molecule has 3 aromatic rings. The molecule has 0 radical (unpaired) electrons. The van der Waals surface area contributed by atoms with Crippen molar-refractivity contribution in [2.24, 2.45) is 5.73 Å². The highest BCUT2D eigenvalue weighted by molar-refractivity contribution is 5.98. The van der Waals surface area contributed by atoms with Gasteiger partial charge >= 0.3 is 0 Å². The summed E-state index contributed by atoms with van der Waals surface area (Å²) in [6, 6.07) is 15.2. The van der Waals surface area contributed by atoms with Crippen LogP contribution in [0.15, 0.2) is 48.5 Å². The van der Waals surface area contributed by atoms with Crippen molar-refractivity contribution in [2.45, 2.75) is 19.0 Å². The van der Waals surface area contributed by atoms with Crippen LogP contribution < -0.4 is 10.5 Å². The molecule has 0 bridgehead atoms. The number of amides is 1. The van der Waals surface area contributed by atoms with Crippen LogP contribution in [-0.2, 0) is 6.54 Å². The van der Waals surface area contributed by atoms with Gasteiger partial charge in [0.2, 0.25) is 0 Å². The van der Waals surface area contributed by atoms with Crippen LogP contribution in [-0.4, -0.2) is 53.3 Å². The van der Waals surface area contributed by atoms with Crippen LogP contribution in [0, 0.1) is 17.1 Å². The van der Waals surface area contributed by atoms with Crippen LogP contribution >= 0.6 is 0 Å². The minimum absolute atomic E-state index is 0.0538. The minimum Gasteiger partial charge on any atom is -0.497 e. The Labute approximate surface area is 191 Å². The number of ether oxygens (including phenoxy) is 1. The van der Waals surface area contributed by atoms with Crippen LogP contribution in [0.1, 0.15) is 22.5 Å². The number of likely N-dealkylation sites (tertiary alicyclic amines) is 1. The monoisotopic (exact) mass is 448 g/mol. The summed E-state index contributed by atoms with van der Waals surface area (Å²) in [6.07, 6.45) is 0.728. The van der Waals surface area contributed by atoms with Gasteiger partial charge in [0, 0.05) is 31.2 Å². The van der Waals surface area contributed by atoms with Crippen molar-refractivity contribution in [3.63, 3.8) is 0 Å². The summed E-state index contributed by atoms with van der Waals surface area (Å²) in [5, 5.41) is 18.9. The van der Waals surface area contributed by atoms with Gasteiger partial charge in [0.25, 0.3) is 5.91 Å². The number of carbonyl (C=O) groups is 1. The lowest BCUT2D eigenvalue weighted by atomic mass is 9.99. The fourth-order valence-electron chi connectivity index (χ4n) is 4.25. The molecule has 170 valence electrons. The average Bonchev–Trinajstić information content (AvgIpc) is 3.43. The van der Waals surface area contributed by atoms with Crippen molar-refractivity contribution >= 4 is 5.91 Å². The summed E-state index contributed by atoms with van der Waals surface area (Å²) in [6.45, 7) is 1.02. The molecule has 0 saturated carbocycles. The molecule has 1 aliphatic rings. The van der Waals surface area contributed by atoms with Crippen LogP contribution in [0.4, 0.5) is 4.39 Å². The van der Waals surface area contributed by atoms with E-state index in [1.54, 1.807) is 40.8 Å². The predicted molar refractivity (Wildman–Crippen MR) is 122 cm³/mol. The van der Waals surface area contributed by atoms with E-state index in [9.17, 15) is 14.3 Å². The molecule has 2 heterocycles. The molecule has 1 amide bonds. The molecule has 4 rings (SSSR count). The number of aliphatic hydroxyl groups is 1. The number of rotatable bonds is 6. The summed E-state index contributed by atoms with van der Waals surface area (Å²) in [5.41, 5.74) is 8.95. The van der Waals surface area contributed by atoms with E-state index in [0.29, 0.717) is 41.4 Å². The van der Waals surface area contributed by atoms with E-state index in [4.69, 9.17) is 15.7 Å². The first kappa shape index (κ1) is 22.5. The first-order chi connectivity index (χ1) is 16.0. The number of halogens is 1. The number of aromatic nitrogens is 1. The van der Waals surface area contributed by atoms with E-state index >= 15 is 0 Å². The van der Waals surface area contributed by atoms with Crippen molar-refractivity contribution in [3.8, 4) is 34.2 Å². The Morgan fingerprint density at radius 3 is 2.55 bits per heavy atom. The molecule has 7 nitrogen and oxygen atoms in total. The zero-order chi connectivity index (χ0) is 23.5. The van der Waals surface area contributed by atoms with Crippen molar-refractivity contribution < 1.29 is 19.0 Å². The molecule has 33 heavy (non-hydrogen) atoms. The number of hydrogen-bond donors (Lipinski definition) is 2. The molecule has 0 unspecified atom stereocenters. The summed E-state index contributed by atoms with van der Waals surface area (Å²) >= 11 is 0. The minimum atomic E-state index is -0.635. The van der Waals surface area contributed by atoms with Crippen molar-refractivity contribution in [1.29, 1.82) is 5.26 Å². The smallest absolute Gasteiger partial charge is 0.270 e. The van der Waals surface area contributed by atoms with Crippen molar-refractivity contribution in [1.82, 2.24) is 9.47 Å². The Kier molecular flexibility index (Phi) is 6.45. The second-order valence-electron chi connectivity index (χ2n) is 8.00. The molecule has 1 atom stereocenters. The van der Waals surface area contributed by atoms with Crippen LogP contribution in [0.3, 0.4) is 0 Å². The topological polar surface area (TPSA) is 105 Å². The highest BCUT2D eigenvalue weighted by atomic mass is 19.1. The molecular formula is C25H25FN4O3. The van der Waals surface area contributed by atoms with E-state index in [1.807, 2.05) is 18.2 Å². The van der Waals surface area contributed by atoms with Gasteiger partial charge in [0.1, 0.15) is 23.3 Å². The van der Waals surface area contributed by atoms with Crippen molar-refractivity contribution in [2.75, 3.05) is 26.8 Å². The zero-order valence-electron chi connectivity index (χ0n) is 18.3. The Morgan fingerprint density at radius 1 is 1.24 bits per heavy atom. The van der Waals surface area contributed by atoms with Gasteiger partial charge in [-0.25, -0.2) is 4.39 Å². The summed E-state index contributed by atoms with van der Waals surface area (Å²) in [4.78, 5) is 15.1. The van der Waals surface area contributed by atoms with Crippen LogP contribution in [0.2, 0.25) is 0 Å². The lowest BCUT2D eigenvalue weighted by molar-refractivity contribution is 0.0779. The highest BCUT2D eigenvalue weighted by Gasteiger charge is 2.29. The first-order valence-corrected chi connectivity index (χ1v) is 10.7. The number of nitrogens with zero attached hydrogens (tertiary/aromatic N) is 3. The van der Waals surface area contributed by atoms with Gasteiger partial charge in [-0.05, 0) is 60.0 Å². The number of hydrogen-bond acceptors (Lipinski definition) is 5. The quantitative estimate of drug-likeness (QED) is 0.603. The average molecular weight is 448 g/mol. The van der Waals surface area contributed by atoms with Crippen LogP contribution in [0.25, 0.3) is 22.4 Å². The molecule has 1 aliphatic heterocycles. The molecule has 1 aromatic heterocycles. The van der Waals surface area contributed by atoms with Gasteiger partial charge in [-0.15, -0.1) is 0 Å². The van der Waals surface area contributed by atoms with Gasteiger partial charge in [-0.2, -0.15) is 5.26 Å². The third-order valence-electron chi connectivity index (χ3n) is 5.92. The third-order valence-corrected chi connectivity index (χ3v) is 5.92. The maximum Gasteiger partial charge on any atom is 0.270 e. The number of aliphatic hydroxyl groups excluding tert-OH is 1. The molecule has 1 fully saturated rings.